The van der Waals surface area contributed by atoms with Crippen molar-refractivity contribution in [3.8, 4) is 5.75 Å². The Morgan fingerprint density at radius 1 is 1.05 bits per heavy atom. The van der Waals surface area contributed by atoms with E-state index in [2.05, 4.69) is 0 Å². The van der Waals surface area contributed by atoms with Gasteiger partial charge in [-0.2, -0.15) is 0 Å². The molecular formula is C18H20O4. The molecule has 22 heavy (non-hydrogen) atoms. The Balaban J connectivity index is 1.88. The molecule has 2 aromatic carbocycles. The van der Waals surface area contributed by atoms with Gasteiger partial charge in [-0.25, -0.2) is 4.79 Å². The SMILES string of the molecule is COCC(C)OC(=O)c1ccc(OCc2ccccc2)cc1. The zero-order valence-electron chi connectivity index (χ0n) is 12.8. The highest BCUT2D eigenvalue weighted by molar-refractivity contribution is 5.89. The predicted octanol–water partition coefficient (Wildman–Crippen LogP) is 3.46. The molecule has 0 saturated carbocycles. The molecule has 0 bridgehead atoms. The van der Waals surface area contributed by atoms with Crippen LogP contribution >= 0.6 is 0 Å². The molecule has 0 saturated heterocycles. The first-order valence-electron chi connectivity index (χ1n) is 7.15. The van der Waals surface area contributed by atoms with Gasteiger partial charge in [-0.1, -0.05) is 30.3 Å². The molecular weight excluding hydrogens is 280 g/mol. The van der Waals surface area contributed by atoms with Crippen molar-refractivity contribution >= 4 is 5.97 Å². The lowest BCUT2D eigenvalue weighted by Gasteiger charge is -2.12. The first-order valence-corrected chi connectivity index (χ1v) is 7.15. The Morgan fingerprint density at radius 2 is 1.73 bits per heavy atom. The van der Waals surface area contributed by atoms with E-state index in [4.69, 9.17) is 14.2 Å². The number of ether oxygens (including phenoxy) is 3. The van der Waals surface area contributed by atoms with Crippen LogP contribution in [0, 0.1) is 0 Å². The van der Waals surface area contributed by atoms with Crippen LogP contribution in [0.4, 0.5) is 0 Å². The third-order valence-corrected chi connectivity index (χ3v) is 3.05. The molecule has 116 valence electrons. The van der Waals surface area contributed by atoms with E-state index in [0.29, 0.717) is 24.5 Å². The number of esters is 1. The molecule has 0 amide bonds. The Hall–Kier alpha value is -2.33. The van der Waals surface area contributed by atoms with Gasteiger partial charge in [0.25, 0.3) is 0 Å². The van der Waals surface area contributed by atoms with Crippen LogP contribution in [-0.2, 0) is 16.1 Å². The molecule has 2 rings (SSSR count). The fraction of sp³-hybridized carbons (Fsp3) is 0.278. The largest absolute Gasteiger partial charge is 0.489 e. The van der Waals surface area contributed by atoms with E-state index in [1.165, 1.54) is 0 Å². The van der Waals surface area contributed by atoms with Crippen LogP contribution < -0.4 is 4.74 Å². The molecule has 0 aliphatic rings. The van der Waals surface area contributed by atoms with Gasteiger partial charge in [-0.3, -0.25) is 0 Å². The lowest BCUT2D eigenvalue weighted by molar-refractivity contribution is 0.0120. The van der Waals surface area contributed by atoms with Crippen molar-refractivity contribution in [3.05, 3.63) is 65.7 Å². The van der Waals surface area contributed by atoms with Crippen LogP contribution in [0.15, 0.2) is 54.6 Å². The first kappa shape index (κ1) is 16.0. The predicted molar refractivity (Wildman–Crippen MR) is 84.0 cm³/mol. The maximum atomic E-state index is 11.9. The van der Waals surface area contributed by atoms with E-state index < -0.39 is 0 Å². The summed E-state index contributed by atoms with van der Waals surface area (Å²) in [5.74, 6) is 0.351. The minimum absolute atomic E-state index is 0.272. The number of hydrogen-bond donors (Lipinski definition) is 0. The van der Waals surface area contributed by atoms with Crippen LogP contribution in [0.3, 0.4) is 0 Å². The van der Waals surface area contributed by atoms with Gasteiger partial charge in [0.2, 0.25) is 0 Å². The summed E-state index contributed by atoms with van der Waals surface area (Å²) >= 11 is 0. The van der Waals surface area contributed by atoms with Gasteiger partial charge in [-0.05, 0) is 36.8 Å². The minimum Gasteiger partial charge on any atom is -0.489 e. The Kier molecular flexibility index (Phi) is 5.98. The molecule has 1 unspecified atom stereocenters. The summed E-state index contributed by atoms with van der Waals surface area (Å²) in [7, 11) is 1.57. The second-order valence-corrected chi connectivity index (χ2v) is 4.97. The van der Waals surface area contributed by atoms with E-state index in [-0.39, 0.29) is 12.1 Å². The number of carbonyl (C=O) groups excluding carboxylic acids is 1. The molecule has 0 aromatic heterocycles. The summed E-state index contributed by atoms with van der Waals surface area (Å²) in [6, 6.07) is 16.8. The topological polar surface area (TPSA) is 44.8 Å². The van der Waals surface area contributed by atoms with Gasteiger partial charge < -0.3 is 14.2 Å². The van der Waals surface area contributed by atoms with Gasteiger partial charge in [-0.15, -0.1) is 0 Å². The normalized spacial score (nSPS) is 11.7. The number of rotatable bonds is 7. The van der Waals surface area contributed by atoms with Crippen LogP contribution in [0.5, 0.6) is 5.75 Å². The second kappa shape index (κ2) is 8.20. The molecule has 4 heteroatoms. The molecule has 0 fully saturated rings. The molecule has 0 heterocycles. The summed E-state index contributed by atoms with van der Waals surface area (Å²) in [6.07, 6.45) is -0.272. The Bertz CT molecular complexity index is 578. The van der Waals surface area contributed by atoms with E-state index in [9.17, 15) is 4.79 Å². The maximum Gasteiger partial charge on any atom is 0.338 e. The summed E-state index contributed by atoms with van der Waals surface area (Å²) in [4.78, 5) is 11.9. The summed E-state index contributed by atoms with van der Waals surface area (Å²) in [5.41, 5.74) is 1.59. The number of hydrogen-bond acceptors (Lipinski definition) is 4. The van der Waals surface area contributed by atoms with Crippen molar-refractivity contribution < 1.29 is 19.0 Å². The monoisotopic (exact) mass is 300 g/mol. The van der Waals surface area contributed by atoms with E-state index in [1.54, 1.807) is 38.3 Å². The zero-order chi connectivity index (χ0) is 15.8. The average molecular weight is 300 g/mol. The number of benzene rings is 2. The average Bonchev–Trinajstić information content (AvgIpc) is 2.54. The second-order valence-electron chi connectivity index (χ2n) is 4.97. The summed E-state index contributed by atoms with van der Waals surface area (Å²) in [6.45, 7) is 2.66. The van der Waals surface area contributed by atoms with Crippen molar-refractivity contribution in [2.45, 2.75) is 19.6 Å². The van der Waals surface area contributed by atoms with Crippen molar-refractivity contribution in [3.63, 3.8) is 0 Å². The first-order chi connectivity index (χ1) is 10.7. The molecule has 4 nitrogen and oxygen atoms in total. The highest BCUT2D eigenvalue weighted by Crippen LogP contribution is 2.15. The van der Waals surface area contributed by atoms with Crippen LogP contribution in [-0.4, -0.2) is 25.8 Å². The molecule has 0 aliphatic carbocycles. The smallest absolute Gasteiger partial charge is 0.338 e. The maximum absolute atomic E-state index is 11.9. The van der Waals surface area contributed by atoms with Gasteiger partial charge in [0.05, 0.1) is 12.2 Å². The molecule has 0 spiro atoms. The lowest BCUT2D eigenvalue weighted by Crippen LogP contribution is -2.19. The lowest BCUT2D eigenvalue weighted by atomic mass is 10.2. The Labute approximate surface area is 130 Å². The molecule has 0 N–H and O–H groups in total. The third kappa shape index (κ3) is 4.90. The zero-order valence-corrected chi connectivity index (χ0v) is 12.8. The summed E-state index contributed by atoms with van der Waals surface area (Å²) < 4.78 is 15.9. The van der Waals surface area contributed by atoms with Crippen molar-refractivity contribution in [2.75, 3.05) is 13.7 Å². The van der Waals surface area contributed by atoms with Gasteiger partial charge in [0.1, 0.15) is 18.5 Å². The van der Waals surface area contributed by atoms with Crippen LogP contribution in [0.25, 0.3) is 0 Å². The van der Waals surface area contributed by atoms with Crippen molar-refractivity contribution in [2.24, 2.45) is 0 Å². The van der Waals surface area contributed by atoms with Crippen molar-refractivity contribution in [1.82, 2.24) is 0 Å². The highest BCUT2D eigenvalue weighted by atomic mass is 16.6. The van der Waals surface area contributed by atoms with E-state index >= 15 is 0 Å². The number of methoxy groups -OCH3 is 1. The van der Waals surface area contributed by atoms with Crippen molar-refractivity contribution in [1.29, 1.82) is 0 Å². The van der Waals surface area contributed by atoms with Gasteiger partial charge >= 0.3 is 5.97 Å². The molecule has 0 aliphatic heterocycles. The van der Waals surface area contributed by atoms with E-state index in [1.807, 2.05) is 30.3 Å². The number of carbonyl (C=O) groups is 1. The van der Waals surface area contributed by atoms with Gasteiger partial charge in [0.15, 0.2) is 0 Å². The van der Waals surface area contributed by atoms with Gasteiger partial charge in [0, 0.05) is 7.11 Å². The molecule has 1 atom stereocenters. The van der Waals surface area contributed by atoms with E-state index in [0.717, 1.165) is 5.56 Å². The quantitative estimate of drug-likeness (QED) is 0.735. The third-order valence-electron chi connectivity index (χ3n) is 3.05. The summed E-state index contributed by atoms with van der Waals surface area (Å²) in [5, 5.41) is 0. The van der Waals surface area contributed by atoms with Crippen LogP contribution in [0.2, 0.25) is 0 Å². The standard InChI is InChI=1S/C18H20O4/c1-14(12-20-2)22-18(19)16-8-10-17(11-9-16)21-13-15-6-4-3-5-7-15/h3-11,14H,12-13H2,1-2H3. The van der Waals surface area contributed by atoms with Crippen LogP contribution in [0.1, 0.15) is 22.8 Å². The minimum atomic E-state index is -0.362. The fourth-order valence-electron chi connectivity index (χ4n) is 1.95. The fourth-order valence-corrected chi connectivity index (χ4v) is 1.95. The highest BCUT2D eigenvalue weighted by Gasteiger charge is 2.11. The molecule has 2 aromatic rings. The Morgan fingerprint density at radius 3 is 2.36 bits per heavy atom. The molecule has 0 radical (unpaired) electrons.